The van der Waals surface area contributed by atoms with Gasteiger partial charge in [-0.3, -0.25) is 0 Å². The monoisotopic (exact) mass is 299 g/mol. The molecular formula is C17H21N3O2. The molecule has 5 nitrogen and oxygen atoms in total. The van der Waals surface area contributed by atoms with Gasteiger partial charge in [-0.1, -0.05) is 47.5 Å². The highest BCUT2D eigenvalue weighted by Crippen LogP contribution is 2.38. The van der Waals surface area contributed by atoms with Gasteiger partial charge < -0.3 is 4.90 Å². The molecule has 0 saturated heterocycles. The number of anilines is 2. The summed E-state index contributed by atoms with van der Waals surface area (Å²) < 4.78 is 0. The molecule has 0 fully saturated rings. The van der Waals surface area contributed by atoms with Gasteiger partial charge in [-0.15, -0.1) is 0 Å². The van der Waals surface area contributed by atoms with E-state index in [1.54, 1.807) is 6.07 Å². The molecule has 0 heterocycles. The molecule has 22 heavy (non-hydrogen) atoms. The zero-order valence-electron chi connectivity index (χ0n) is 13.2. The summed E-state index contributed by atoms with van der Waals surface area (Å²) in [6.45, 7) is 5.69. The molecule has 2 rings (SSSR count). The lowest BCUT2D eigenvalue weighted by Crippen LogP contribution is -2.29. The first-order valence-electron chi connectivity index (χ1n) is 7.41. The molecule has 5 heteroatoms. The minimum absolute atomic E-state index is 0.392. The summed E-state index contributed by atoms with van der Waals surface area (Å²) in [5.41, 5.74) is 3.58. The van der Waals surface area contributed by atoms with Crippen molar-refractivity contribution in [3.63, 3.8) is 0 Å². The summed E-state index contributed by atoms with van der Waals surface area (Å²) >= 11 is 0. The smallest absolute Gasteiger partial charge is 0.164 e. The van der Waals surface area contributed by atoms with Crippen LogP contribution in [0.3, 0.4) is 0 Å². The third-order valence-electron chi connectivity index (χ3n) is 3.77. The van der Waals surface area contributed by atoms with Crippen LogP contribution < -0.4 is 9.91 Å². The normalized spacial score (nSPS) is 10.3. The maximum atomic E-state index is 11.2. The minimum Gasteiger partial charge on any atom is -0.370 e. The number of hydrazine groups is 1. The Morgan fingerprint density at radius 3 is 2.18 bits per heavy atom. The van der Waals surface area contributed by atoms with E-state index in [1.165, 1.54) is 7.05 Å². The summed E-state index contributed by atoms with van der Waals surface area (Å²) in [7, 11) is 1.48. The quantitative estimate of drug-likeness (QED) is 0.601. The average molecular weight is 299 g/mol. The van der Waals surface area contributed by atoms with Crippen LogP contribution in [0.4, 0.5) is 11.4 Å². The molecule has 0 unspecified atom stereocenters. The number of nitrogens with zero attached hydrogens (tertiary/aromatic N) is 3. The van der Waals surface area contributed by atoms with Gasteiger partial charge in [0.15, 0.2) is 5.03 Å². The van der Waals surface area contributed by atoms with Gasteiger partial charge in [-0.05, 0) is 25.5 Å². The Morgan fingerprint density at radius 1 is 1.00 bits per heavy atom. The van der Waals surface area contributed by atoms with Crippen molar-refractivity contribution in [1.82, 2.24) is 0 Å². The molecule has 0 bridgehead atoms. The predicted molar refractivity (Wildman–Crippen MR) is 90.8 cm³/mol. The van der Waals surface area contributed by atoms with E-state index in [9.17, 15) is 10.1 Å². The van der Waals surface area contributed by atoms with Crippen LogP contribution in [-0.4, -0.2) is 25.2 Å². The Kier molecular flexibility index (Phi) is 4.99. The highest BCUT2D eigenvalue weighted by molar-refractivity contribution is 5.88. The number of benzene rings is 2. The van der Waals surface area contributed by atoms with Crippen LogP contribution in [0.5, 0.6) is 0 Å². The fraction of sp³-hybridized carbons (Fsp3) is 0.294. The molecule has 0 aliphatic carbocycles. The lowest BCUT2D eigenvalue weighted by molar-refractivity contribution is -0.490. The van der Waals surface area contributed by atoms with Gasteiger partial charge in [0.2, 0.25) is 0 Å². The van der Waals surface area contributed by atoms with E-state index in [1.807, 2.05) is 42.5 Å². The van der Waals surface area contributed by atoms with Gasteiger partial charge >= 0.3 is 0 Å². The molecule has 0 aromatic heterocycles. The first kappa shape index (κ1) is 15.8. The Morgan fingerprint density at radius 2 is 1.64 bits per heavy atom. The van der Waals surface area contributed by atoms with E-state index in [-0.39, 0.29) is 0 Å². The first-order chi connectivity index (χ1) is 10.6. The molecule has 0 aliphatic rings. The first-order valence-corrected chi connectivity index (χ1v) is 7.41. The van der Waals surface area contributed by atoms with Gasteiger partial charge in [-0.2, -0.15) is 0 Å². The van der Waals surface area contributed by atoms with E-state index in [0.29, 0.717) is 5.69 Å². The van der Waals surface area contributed by atoms with Crippen molar-refractivity contribution in [1.29, 1.82) is 0 Å². The van der Waals surface area contributed by atoms with Crippen LogP contribution in [0.25, 0.3) is 11.1 Å². The number of hydrogen-bond acceptors (Lipinski definition) is 3. The van der Waals surface area contributed by atoms with Crippen molar-refractivity contribution < 1.29 is 5.03 Å². The Labute approximate surface area is 130 Å². The largest absolute Gasteiger partial charge is 0.370 e. The zero-order valence-corrected chi connectivity index (χ0v) is 13.2. The predicted octanol–water partition coefficient (Wildman–Crippen LogP) is 3.83. The highest BCUT2D eigenvalue weighted by atomic mass is 16.7. The Bertz CT molecular complexity index is 640. The lowest BCUT2D eigenvalue weighted by Gasteiger charge is -2.27. The van der Waals surface area contributed by atoms with Crippen LogP contribution in [0.1, 0.15) is 13.8 Å². The summed E-state index contributed by atoms with van der Waals surface area (Å²) in [4.78, 5) is 13.4. The van der Waals surface area contributed by atoms with Gasteiger partial charge in [0, 0.05) is 18.7 Å². The summed E-state index contributed by atoms with van der Waals surface area (Å²) in [6, 6.07) is 15.6. The van der Waals surface area contributed by atoms with Gasteiger partial charge in [-0.25, -0.2) is 10.1 Å². The van der Waals surface area contributed by atoms with Crippen LogP contribution >= 0.6 is 0 Å². The van der Waals surface area contributed by atoms with Gasteiger partial charge in [0.05, 0.1) is 12.7 Å². The minimum atomic E-state index is -0.392. The molecule has 116 valence electrons. The molecule has 2 aromatic carbocycles. The van der Waals surface area contributed by atoms with Crippen molar-refractivity contribution in [2.75, 3.05) is 30.0 Å². The summed E-state index contributed by atoms with van der Waals surface area (Å²) in [6.07, 6.45) is 0. The van der Waals surface area contributed by atoms with E-state index < -0.39 is 5.03 Å². The number of para-hydroxylation sites is 1. The second-order valence-electron chi connectivity index (χ2n) is 4.97. The molecule has 2 aromatic rings. The van der Waals surface area contributed by atoms with Crippen molar-refractivity contribution >= 4 is 11.4 Å². The average Bonchev–Trinajstić information content (AvgIpc) is 2.56. The molecule has 0 radical (unpaired) electrons. The number of hydrogen-bond donors (Lipinski definition) is 0. The topological polar surface area (TPSA) is 49.6 Å². The zero-order chi connectivity index (χ0) is 16.1. The van der Waals surface area contributed by atoms with E-state index in [0.717, 1.165) is 34.9 Å². The van der Waals surface area contributed by atoms with Gasteiger partial charge in [0.25, 0.3) is 0 Å². The molecular weight excluding hydrogens is 278 g/mol. The fourth-order valence-corrected chi connectivity index (χ4v) is 2.60. The van der Waals surface area contributed by atoms with Crippen LogP contribution in [-0.2, 0) is 0 Å². The van der Waals surface area contributed by atoms with E-state index in [4.69, 9.17) is 0 Å². The summed E-state index contributed by atoms with van der Waals surface area (Å²) in [5.74, 6) is 0. The second-order valence-corrected chi connectivity index (χ2v) is 4.97. The molecule has 0 amide bonds. The number of nitro groups is 1. The third kappa shape index (κ3) is 3.03. The molecule has 0 aliphatic heterocycles. The van der Waals surface area contributed by atoms with Gasteiger partial charge in [0.1, 0.15) is 5.69 Å². The van der Waals surface area contributed by atoms with Crippen LogP contribution in [0.15, 0.2) is 48.5 Å². The molecule has 0 saturated carbocycles. The molecule has 0 N–H and O–H groups in total. The Balaban J connectivity index is 2.68. The maximum Gasteiger partial charge on any atom is 0.164 e. The van der Waals surface area contributed by atoms with Crippen molar-refractivity contribution in [3.05, 3.63) is 58.6 Å². The maximum absolute atomic E-state index is 11.2. The van der Waals surface area contributed by atoms with Crippen molar-refractivity contribution in [2.45, 2.75) is 13.8 Å². The lowest BCUT2D eigenvalue weighted by atomic mass is 10.0. The van der Waals surface area contributed by atoms with E-state index in [2.05, 4.69) is 18.7 Å². The van der Waals surface area contributed by atoms with E-state index >= 15 is 0 Å². The second kappa shape index (κ2) is 6.93. The Hall–Kier alpha value is -2.56. The molecule has 0 spiro atoms. The highest BCUT2D eigenvalue weighted by Gasteiger charge is 2.22. The van der Waals surface area contributed by atoms with Crippen molar-refractivity contribution in [2.24, 2.45) is 0 Å². The van der Waals surface area contributed by atoms with Crippen LogP contribution in [0.2, 0.25) is 0 Å². The van der Waals surface area contributed by atoms with Crippen molar-refractivity contribution in [3.8, 4) is 11.1 Å². The van der Waals surface area contributed by atoms with Crippen LogP contribution in [0, 0.1) is 10.1 Å². The number of rotatable bonds is 6. The molecule has 0 atom stereocenters. The SMILES string of the molecule is CCN(CC)c1c(-c2ccccc2)cccc1N(C)[N+](=O)[O-]. The fourth-order valence-electron chi connectivity index (χ4n) is 2.60. The summed E-state index contributed by atoms with van der Waals surface area (Å²) in [5, 5.41) is 11.9. The standard InChI is InChI=1S/C17H21N3O2/c1-4-19(5-2)17-15(14-10-7-6-8-11-14)12-9-13-16(17)18(3)20(21)22/h6-13H,4-5H2,1-3H3. The third-order valence-corrected chi connectivity index (χ3v) is 3.77.